The molecule has 1 aromatic rings. The Morgan fingerprint density at radius 1 is 1.45 bits per heavy atom. The fraction of sp³-hybridized carbons (Fsp3) is 0.643. The molecule has 1 unspecified atom stereocenters. The fourth-order valence-corrected chi connectivity index (χ4v) is 3.55. The van der Waals surface area contributed by atoms with E-state index in [9.17, 15) is 8.42 Å². The highest BCUT2D eigenvalue weighted by Gasteiger charge is 2.24. The standard InChI is InChI=1S/C14H21ClN2O2S/c1-20(18,19)10-7-12-5-2-3-9-17(12)11-14-13(15)6-4-8-16-14/h4,6,8,12H,2-3,5,7,9-11H2,1H3. The Morgan fingerprint density at radius 3 is 2.95 bits per heavy atom. The maximum atomic E-state index is 11.3. The fourth-order valence-electron chi connectivity index (χ4n) is 2.67. The summed E-state index contributed by atoms with van der Waals surface area (Å²) in [6.07, 6.45) is 7.12. The number of likely N-dealkylation sites (tertiary alicyclic amines) is 1. The smallest absolute Gasteiger partial charge is 0.147 e. The van der Waals surface area contributed by atoms with Crippen LogP contribution in [-0.2, 0) is 16.4 Å². The van der Waals surface area contributed by atoms with Crippen molar-refractivity contribution in [2.24, 2.45) is 0 Å². The molecule has 1 saturated heterocycles. The second-order valence-corrected chi connectivity index (χ2v) is 8.14. The molecule has 1 atom stereocenters. The predicted octanol–water partition coefficient (Wildman–Crippen LogP) is 2.52. The van der Waals surface area contributed by atoms with Crippen LogP contribution >= 0.6 is 11.6 Å². The van der Waals surface area contributed by atoms with Gasteiger partial charge in [0.15, 0.2) is 0 Å². The summed E-state index contributed by atoms with van der Waals surface area (Å²) in [6.45, 7) is 1.69. The van der Waals surface area contributed by atoms with Crippen molar-refractivity contribution < 1.29 is 8.42 Å². The molecule has 6 heteroatoms. The van der Waals surface area contributed by atoms with E-state index in [1.54, 1.807) is 6.20 Å². The molecule has 0 amide bonds. The van der Waals surface area contributed by atoms with Gasteiger partial charge in [-0.2, -0.15) is 0 Å². The van der Waals surface area contributed by atoms with Gasteiger partial charge in [-0.15, -0.1) is 0 Å². The Balaban J connectivity index is 2.02. The number of rotatable bonds is 5. The lowest BCUT2D eigenvalue weighted by atomic mass is 10.00. The molecule has 1 fully saturated rings. The van der Waals surface area contributed by atoms with Crippen molar-refractivity contribution in [1.82, 2.24) is 9.88 Å². The molecule has 0 N–H and O–H groups in total. The summed E-state index contributed by atoms with van der Waals surface area (Å²) in [4.78, 5) is 6.65. The van der Waals surface area contributed by atoms with E-state index in [1.165, 1.54) is 12.7 Å². The van der Waals surface area contributed by atoms with Gasteiger partial charge in [-0.1, -0.05) is 18.0 Å². The zero-order chi connectivity index (χ0) is 14.6. The number of hydrogen-bond acceptors (Lipinski definition) is 4. The van der Waals surface area contributed by atoms with Crippen LogP contribution in [0.1, 0.15) is 31.4 Å². The predicted molar refractivity (Wildman–Crippen MR) is 81.6 cm³/mol. The average Bonchev–Trinajstić information content (AvgIpc) is 2.39. The molecule has 20 heavy (non-hydrogen) atoms. The van der Waals surface area contributed by atoms with Crippen LogP contribution in [0.2, 0.25) is 5.02 Å². The van der Waals surface area contributed by atoms with Crippen LogP contribution in [-0.4, -0.2) is 42.9 Å². The first-order chi connectivity index (χ1) is 9.46. The zero-order valence-corrected chi connectivity index (χ0v) is 13.3. The Hall–Kier alpha value is -0.650. The van der Waals surface area contributed by atoms with Gasteiger partial charge in [-0.25, -0.2) is 8.42 Å². The minimum Gasteiger partial charge on any atom is -0.294 e. The van der Waals surface area contributed by atoms with Gasteiger partial charge in [0.1, 0.15) is 9.84 Å². The summed E-state index contributed by atoms with van der Waals surface area (Å²) >= 11 is 6.16. The highest BCUT2D eigenvalue weighted by molar-refractivity contribution is 7.90. The normalized spacial score (nSPS) is 21.0. The molecule has 0 aromatic carbocycles. The zero-order valence-electron chi connectivity index (χ0n) is 11.8. The summed E-state index contributed by atoms with van der Waals surface area (Å²) in [5.41, 5.74) is 0.875. The van der Waals surface area contributed by atoms with Crippen LogP contribution in [0.4, 0.5) is 0 Å². The van der Waals surface area contributed by atoms with Crippen LogP contribution in [0.25, 0.3) is 0 Å². The lowest BCUT2D eigenvalue weighted by Gasteiger charge is -2.35. The lowest BCUT2D eigenvalue weighted by molar-refractivity contribution is 0.135. The minimum absolute atomic E-state index is 0.254. The van der Waals surface area contributed by atoms with Gasteiger partial charge in [-0.3, -0.25) is 9.88 Å². The largest absolute Gasteiger partial charge is 0.294 e. The maximum absolute atomic E-state index is 11.3. The second kappa shape index (κ2) is 6.87. The number of pyridine rings is 1. The molecule has 1 aliphatic heterocycles. The first-order valence-corrected chi connectivity index (χ1v) is 9.41. The number of aromatic nitrogens is 1. The SMILES string of the molecule is CS(=O)(=O)CCC1CCCCN1Cc1ncccc1Cl. The molecule has 4 nitrogen and oxygen atoms in total. The molecule has 0 radical (unpaired) electrons. The van der Waals surface area contributed by atoms with E-state index in [0.717, 1.165) is 25.1 Å². The molecule has 1 aliphatic rings. The van der Waals surface area contributed by atoms with Gasteiger partial charge in [0.05, 0.1) is 16.5 Å². The quantitative estimate of drug-likeness (QED) is 0.837. The molecule has 1 aromatic heterocycles. The molecule has 0 bridgehead atoms. The van der Waals surface area contributed by atoms with E-state index in [2.05, 4.69) is 9.88 Å². The number of nitrogens with zero attached hydrogens (tertiary/aromatic N) is 2. The summed E-state index contributed by atoms with van der Waals surface area (Å²) in [7, 11) is -2.90. The van der Waals surface area contributed by atoms with Crippen LogP contribution in [0.15, 0.2) is 18.3 Å². The van der Waals surface area contributed by atoms with Gasteiger partial charge < -0.3 is 0 Å². The van der Waals surface area contributed by atoms with E-state index >= 15 is 0 Å². The molecule has 0 saturated carbocycles. The summed E-state index contributed by atoms with van der Waals surface area (Å²) in [5.74, 6) is 0.254. The summed E-state index contributed by atoms with van der Waals surface area (Å²) < 4.78 is 22.7. The molecule has 0 spiro atoms. The summed E-state index contributed by atoms with van der Waals surface area (Å²) in [5, 5.41) is 0.680. The molecule has 0 aliphatic carbocycles. The number of piperidine rings is 1. The van der Waals surface area contributed by atoms with Crippen molar-refractivity contribution in [1.29, 1.82) is 0 Å². The first-order valence-electron chi connectivity index (χ1n) is 6.97. The number of sulfone groups is 1. The van der Waals surface area contributed by atoms with Gasteiger partial charge >= 0.3 is 0 Å². The van der Waals surface area contributed by atoms with Crippen molar-refractivity contribution in [2.45, 2.75) is 38.3 Å². The molecule has 2 heterocycles. The van der Waals surface area contributed by atoms with E-state index in [4.69, 9.17) is 11.6 Å². The Morgan fingerprint density at radius 2 is 2.25 bits per heavy atom. The maximum Gasteiger partial charge on any atom is 0.147 e. The third kappa shape index (κ3) is 4.72. The van der Waals surface area contributed by atoms with Crippen LogP contribution in [0, 0.1) is 0 Å². The summed E-state index contributed by atoms with van der Waals surface area (Å²) in [6, 6.07) is 3.99. The van der Waals surface area contributed by atoms with E-state index in [1.807, 2.05) is 12.1 Å². The van der Waals surface area contributed by atoms with Crippen LogP contribution in [0.3, 0.4) is 0 Å². The van der Waals surface area contributed by atoms with Crippen molar-refractivity contribution in [3.05, 3.63) is 29.0 Å². The third-order valence-corrected chi connectivity index (χ3v) is 5.08. The van der Waals surface area contributed by atoms with Crippen molar-refractivity contribution in [3.63, 3.8) is 0 Å². The Kier molecular flexibility index (Phi) is 5.41. The highest BCUT2D eigenvalue weighted by Crippen LogP contribution is 2.24. The van der Waals surface area contributed by atoms with Gasteiger partial charge in [-0.05, 0) is 37.9 Å². The number of hydrogen-bond donors (Lipinski definition) is 0. The van der Waals surface area contributed by atoms with E-state index < -0.39 is 9.84 Å². The third-order valence-electron chi connectivity index (χ3n) is 3.76. The first kappa shape index (κ1) is 15.7. The average molecular weight is 317 g/mol. The molecular weight excluding hydrogens is 296 g/mol. The van der Waals surface area contributed by atoms with Crippen LogP contribution < -0.4 is 0 Å². The van der Waals surface area contributed by atoms with E-state index in [0.29, 0.717) is 24.0 Å². The van der Waals surface area contributed by atoms with Gasteiger partial charge in [0.25, 0.3) is 0 Å². The van der Waals surface area contributed by atoms with E-state index in [-0.39, 0.29) is 5.75 Å². The Labute approximate surface area is 126 Å². The Bertz CT molecular complexity index is 548. The van der Waals surface area contributed by atoms with Crippen molar-refractivity contribution in [3.8, 4) is 0 Å². The molecular formula is C14H21ClN2O2S. The van der Waals surface area contributed by atoms with Gasteiger partial charge in [0.2, 0.25) is 0 Å². The second-order valence-electron chi connectivity index (χ2n) is 5.47. The molecule has 112 valence electrons. The minimum atomic E-state index is -2.90. The van der Waals surface area contributed by atoms with Gasteiger partial charge in [0, 0.05) is 25.0 Å². The van der Waals surface area contributed by atoms with Crippen molar-refractivity contribution in [2.75, 3.05) is 18.6 Å². The lowest BCUT2D eigenvalue weighted by Crippen LogP contribution is -2.40. The monoisotopic (exact) mass is 316 g/mol. The van der Waals surface area contributed by atoms with Crippen LogP contribution in [0.5, 0.6) is 0 Å². The topological polar surface area (TPSA) is 50.3 Å². The number of halogens is 1. The highest BCUT2D eigenvalue weighted by atomic mass is 35.5. The molecule has 2 rings (SSSR count). The van der Waals surface area contributed by atoms with Crippen molar-refractivity contribution >= 4 is 21.4 Å².